The van der Waals surface area contributed by atoms with Gasteiger partial charge in [-0.1, -0.05) is 13.3 Å². The quantitative estimate of drug-likeness (QED) is 0.483. The smallest absolute Gasteiger partial charge is 0.331 e. The largest absolute Gasteiger partial charge is 0.466 e. The van der Waals surface area contributed by atoms with Crippen molar-refractivity contribution in [2.24, 2.45) is 0 Å². The number of ether oxygens (including phenoxy) is 1. The van der Waals surface area contributed by atoms with E-state index < -0.39 is 16.8 Å². The van der Waals surface area contributed by atoms with Crippen LogP contribution in [0.1, 0.15) is 19.8 Å². The van der Waals surface area contributed by atoms with E-state index in [4.69, 9.17) is 0 Å². The highest BCUT2D eigenvalue weighted by Gasteiger charge is 1.95. The Kier molecular flexibility index (Phi) is 6.66. The van der Waals surface area contributed by atoms with Crippen molar-refractivity contribution in [1.82, 2.24) is 0 Å². The molecular weight excluding hydrogens is 176 g/mol. The minimum atomic E-state index is -1.02. The molecule has 0 bridgehead atoms. The van der Waals surface area contributed by atoms with Crippen molar-refractivity contribution in [2.45, 2.75) is 19.8 Å². The molecule has 0 N–H and O–H groups in total. The standard InChI is InChI=1S/C8H14O3S/c1-3-4-6-12(10)7-5-8(9)11-2/h5,7H,3-4,6H2,1-2H3/t12-/m0/s1. The molecule has 0 saturated heterocycles. The predicted octanol–water partition coefficient (Wildman–Crippen LogP) is 1.22. The fourth-order valence-electron chi connectivity index (χ4n) is 0.554. The van der Waals surface area contributed by atoms with Crippen LogP contribution in [0.5, 0.6) is 0 Å². The molecule has 0 rings (SSSR count). The number of esters is 1. The molecule has 12 heavy (non-hydrogen) atoms. The third-order valence-electron chi connectivity index (χ3n) is 1.26. The first-order valence-electron chi connectivity index (χ1n) is 3.84. The lowest BCUT2D eigenvalue weighted by Gasteiger charge is -1.92. The van der Waals surface area contributed by atoms with Crippen LogP contribution in [0.15, 0.2) is 11.5 Å². The topological polar surface area (TPSA) is 43.4 Å². The molecule has 0 spiro atoms. The predicted molar refractivity (Wildman–Crippen MR) is 49.1 cm³/mol. The Morgan fingerprint density at radius 3 is 2.75 bits per heavy atom. The number of rotatable bonds is 5. The van der Waals surface area contributed by atoms with Crippen LogP contribution in [-0.4, -0.2) is 23.0 Å². The maximum atomic E-state index is 11.0. The Morgan fingerprint density at radius 1 is 1.58 bits per heavy atom. The third kappa shape index (κ3) is 6.09. The monoisotopic (exact) mass is 190 g/mol. The Morgan fingerprint density at radius 2 is 2.25 bits per heavy atom. The van der Waals surface area contributed by atoms with Crippen molar-refractivity contribution >= 4 is 16.8 Å². The van der Waals surface area contributed by atoms with E-state index in [0.29, 0.717) is 5.75 Å². The van der Waals surface area contributed by atoms with Gasteiger partial charge in [0.2, 0.25) is 0 Å². The molecule has 70 valence electrons. The second-order valence-corrected chi connectivity index (χ2v) is 3.71. The van der Waals surface area contributed by atoms with Crippen LogP contribution >= 0.6 is 0 Å². The van der Waals surface area contributed by atoms with Crippen LogP contribution in [0, 0.1) is 0 Å². The fraction of sp³-hybridized carbons (Fsp3) is 0.625. The molecular formula is C8H14O3S. The molecule has 0 aromatic carbocycles. The molecule has 0 fully saturated rings. The molecule has 0 aliphatic heterocycles. The van der Waals surface area contributed by atoms with E-state index in [0.717, 1.165) is 12.8 Å². The molecule has 1 atom stereocenters. The summed E-state index contributed by atoms with van der Waals surface area (Å²) in [5, 5.41) is 1.38. The summed E-state index contributed by atoms with van der Waals surface area (Å²) >= 11 is 0. The van der Waals surface area contributed by atoms with Gasteiger partial charge in [0.25, 0.3) is 0 Å². The zero-order valence-corrected chi connectivity index (χ0v) is 8.23. The molecule has 0 saturated carbocycles. The number of hydrogen-bond donors (Lipinski definition) is 0. The highest BCUT2D eigenvalue weighted by Crippen LogP contribution is 1.93. The molecule has 0 amide bonds. The highest BCUT2D eigenvalue weighted by atomic mass is 32.2. The van der Waals surface area contributed by atoms with Crippen molar-refractivity contribution in [3.8, 4) is 0 Å². The first kappa shape index (κ1) is 11.4. The van der Waals surface area contributed by atoms with Gasteiger partial charge in [-0.2, -0.15) is 0 Å². The van der Waals surface area contributed by atoms with Crippen molar-refractivity contribution < 1.29 is 13.7 Å². The lowest BCUT2D eigenvalue weighted by Crippen LogP contribution is -1.97. The summed E-state index contributed by atoms with van der Waals surface area (Å²) in [5.74, 6) is 0.157. The van der Waals surface area contributed by atoms with Gasteiger partial charge in [0.1, 0.15) is 0 Å². The number of methoxy groups -OCH3 is 1. The third-order valence-corrected chi connectivity index (χ3v) is 2.39. The normalized spacial score (nSPS) is 13.2. The second kappa shape index (κ2) is 7.03. The lowest BCUT2D eigenvalue weighted by molar-refractivity contribution is -0.134. The Bertz CT molecular complexity index is 187. The van der Waals surface area contributed by atoms with E-state index in [9.17, 15) is 9.00 Å². The minimum Gasteiger partial charge on any atom is -0.466 e. The van der Waals surface area contributed by atoms with Gasteiger partial charge in [0.15, 0.2) is 0 Å². The second-order valence-electron chi connectivity index (χ2n) is 2.26. The zero-order valence-electron chi connectivity index (χ0n) is 7.41. The van der Waals surface area contributed by atoms with Crippen LogP contribution < -0.4 is 0 Å². The summed E-state index contributed by atoms with van der Waals surface area (Å²) in [6.07, 6.45) is 3.13. The SMILES string of the molecule is CCCC[S@](=O)C=CC(=O)OC. The first-order chi connectivity index (χ1) is 5.70. The van der Waals surface area contributed by atoms with E-state index in [2.05, 4.69) is 4.74 Å². The van der Waals surface area contributed by atoms with Crippen LogP contribution in [0.25, 0.3) is 0 Å². The van der Waals surface area contributed by atoms with Crippen LogP contribution in [0.4, 0.5) is 0 Å². The van der Waals surface area contributed by atoms with Crippen LogP contribution in [0.2, 0.25) is 0 Å². The van der Waals surface area contributed by atoms with Gasteiger partial charge in [0, 0.05) is 28.0 Å². The maximum absolute atomic E-state index is 11.0. The first-order valence-corrected chi connectivity index (χ1v) is 5.22. The zero-order chi connectivity index (χ0) is 9.40. The van der Waals surface area contributed by atoms with Gasteiger partial charge >= 0.3 is 5.97 Å². The number of unbranched alkanes of at least 4 members (excludes halogenated alkanes) is 1. The number of carbonyl (C=O) groups excluding carboxylic acids is 1. The average Bonchev–Trinajstić information content (AvgIpc) is 2.10. The van der Waals surface area contributed by atoms with E-state index in [-0.39, 0.29) is 0 Å². The molecule has 0 heterocycles. The molecule has 3 nitrogen and oxygen atoms in total. The molecule has 0 unspecified atom stereocenters. The highest BCUT2D eigenvalue weighted by molar-refractivity contribution is 7.87. The van der Waals surface area contributed by atoms with Crippen molar-refractivity contribution in [3.63, 3.8) is 0 Å². The summed E-state index contributed by atoms with van der Waals surface area (Å²) < 4.78 is 15.4. The van der Waals surface area contributed by atoms with E-state index in [1.165, 1.54) is 18.6 Å². The summed E-state index contributed by atoms with van der Waals surface area (Å²) in [4.78, 5) is 10.5. The Balaban J connectivity index is 3.67. The summed E-state index contributed by atoms with van der Waals surface area (Å²) in [6.45, 7) is 2.03. The maximum Gasteiger partial charge on any atom is 0.331 e. The van der Waals surface area contributed by atoms with Gasteiger partial charge in [-0.05, 0) is 6.42 Å². The van der Waals surface area contributed by atoms with Gasteiger partial charge in [-0.15, -0.1) is 0 Å². The summed E-state index contributed by atoms with van der Waals surface area (Å²) in [7, 11) is 0.270. The van der Waals surface area contributed by atoms with Crippen molar-refractivity contribution in [3.05, 3.63) is 11.5 Å². The Hall–Kier alpha value is -0.640. The lowest BCUT2D eigenvalue weighted by atomic mass is 10.4. The minimum absolute atomic E-state index is 0.458. The van der Waals surface area contributed by atoms with E-state index in [1.54, 1.807) is 0 Å². The van der Waals surface area contributed by atoms with Gasteiger partial charge in [-0.3, -0.25) is 4.21 Å². The fourth-order valence-corrected chi connectivity index (χ4v) is 1.53. The molecule has 0 aromatic heterocycles. The van der Waals surface area contributed by atoms with E-state index in [1.807, 2.05) is 6.92 Å². The molecule has 0 aliphatic carbocycles. The average molecular weight is 190 g/mol. The molecule has 4 heteroatoms. The van der Waals surface area contributed by atoms with Gasteiger partial charge < -0.3 is 4.74 Å². The van der Waals surface area contributed by atoms with Crippen LogP contribution in [0.3, 0.4) is 0 Å². The number of hydrogen-bond acceptors (Lipinski definition) is 3. The molecule has 0 radical (unpaired) electrons. The Labute approximate surface area is 75.3 Å². The van der Waals surface area contributed by atoms with E-state index >= 15 is 0 Å². The molecule has 0 aromatic rings. The summed E-state index contributed by atoms with van der Waals surface area (Å²) in [5.41, 5.74) is 0. The number of carbonyl (C=O) groups is 1. The molecule has 0 aliphatic rings. The van der Waals surface area contributed by atoms with Crippen LogP contribution in [-0.2, 0) is 20.3 Å². The van der Waals surface area contributed by atoms with Crippen molar-refractivity contribution in [1.29, 1.82) is 0 Å². The van der Waals surface area contributed by atoms with Crippen molar-refractivity contribution in [2.75, 3.05) is 12.9 Å². The van der Waals surface area contributed by atoms with Gasteiger partial charge in [0.05, 0.1) is 7.11 Å². The van der Waals surface area contributed by atoms with Gasteiger partial charge in [-0.25, -0.2) is 4.79 Å². The summed E-state index contributed by atoms with van der Waals surface area (Å²) in [6, 6.07) is 0.